The van der Waals surface area contributed by atoms with Gasteiger partial charge in [-0.15, -0.1) is 0 Å². The number of benzene rings is 1. The molecule has 1 amide bonds. The van der Waals surface area contributed by atoms with Gasteiger partial charge in [-0.1, -0.05) is 0 Å². The van der Waals surface area contributed by atoms with E-state index in [0.29, 0.717) is 0 Å². The summed E-state index contributed by atoms with van der Waals surface area (Å²) in [6, 6.07) is 4.94. The minimum Gasteiger partial charge on any atom is -0.358 e. The van der Waals surface area contributed by atoms with Crippen LogP contribution in [0.5, 0.6) is 0 Å². The van der Waals surface area contributed by atoms with Crippen LogP contribution >= 0.6 is 0 Å². The first-order valence-electron chi connectivity index (χ1n) is 8.00. The molecule has 1 fully saturated rings. The Morgan fingerprint density at radius 3 is 3.09 bits per heavy atom. The van der Waals surface area contributed by atoms with Gasteiger partial charge in [0.15, 0.2) is 0 Å². The Balaban J connectivity index is 1.49. The zero-order valence-electron chi connectivity index (χ0n) is 12.5. The summed E-state index contributed by atoms with van der Waals surface area (Å²) in [5.74, 6) is 0.183. The second kappa shape index (κ2) is 5.39. The molecule has 2 aliphatic heterocycles. The summed E-state index contributed by atoms with van der Waals surface area (Å²) in [7, 11) is 0. The molecule has 116 valence electrons. The van der Waals surface area contributed by atoms with Crippen molar-refractivity contribution in [3.05, 3.63) is 35.3 Å². The van der Waals surface area contributed by atoms with Crippen molar-refractivity contribution in [3.63, 3.8) is 0 Å². The summed E-state index contributed by atoms with van der Waals surface area (Å²) in [5, 5.41) is 3.89. The predicted octanol–water partition coefficient (Wildman–Crippen LogP) is 2.19. The number of H-pyrrole nitrogens is 1. The first kappa shape index (κ1) is 13.8. The number of halogens is 1. The van der Waals surface area contributed by atoms with Crippen LogP contribution in [0.1, 0.15) is 24.1 Å². The highest BCUT2D eigenvalue weighted by atomic mass is 19.1. The highest BCUT2D eigenvalue weighted by Crippen LogP contribution is 2.28. The molecule has 0 bridgehead atoms. The van der Waals surface area contributed by atoms with E-state index in [1.807, 2.05) is 6.07 Å². The zero-order valence-corrected chi connectivity index (χ0v) is 12.5. The van der Waals surface area contributed by atoms with Crippen molar-refractivity contribution in [2.24, 2.45) is 5.92 Å². The van der Waals surface area contributed by atoms with Gasteiger partial charge in [-0.05, 0) is 43.1 Å². The van der Waals surface area contributed by atoms with Gasteiger partial charge in [0.05, 0.1) is 0 Å². The summed E-state index contributed by atoms with van der Waals surface area (Å²) in [5.41, 5.74) is 3.47. The Morgan fingerprint density at radius 2 is 2.27 bits per heavy atom. The normalized spacial score (nSPS) is 22.0. The van der Waals surface area contributed by atoms with Crippen molar-refractivity contribution in [2.45, 2.75) is 25.8 Å². The Hall–Kier alpha value is -1.88. The fourth-order valence-corrected chi connectivity index (χ4v) is 3.69. The maximum absolute atomic E-state index is 13.5. The Labute approximate surface area is 128 Å². The quantitative estimate of drug-likeness (QED) is 0.913. The number of rotatable bonds is 3. The molecular formula is C17H20FN3O. The predicted molar refractivity (Wildman–Crippen MR) is 83.0 cm³/mol. The standard InChI is InChI=1S/C17H20FN3O/c18-12-1-2-15-13(9-12)14-10-21(8-5-16(14)20-15)7-4-11-3-6-19-17(11)22/h1-2,9,11,20H,3-8,10H2,(H,19,22). The lowest BCUT2D eigenvalue weighted by molar-refractivity contribution is -0.122. The largest absolute Gasteiger partial charge is 0.358 e. The molecule has 4 rings (SSSR count). The van der Waals surface area contributed by atoms with Crippen molar-refractivity contribution in [1.82, 2.24) is 15.2 Å². The molecule has 1 aromatic carbocycles. The lowest BCUT2D eigenvalue weighted by Crippen LogP contribution is -2.33. The fourth-order valence-electron chi connectivity index (χ4n) is 3.69. The second-order valence-corrected chi connectivity index (χ2v) is 6.36. The molecule has 1 aromatic heterocycles. The third-order valence-electron chi connectivity index (χ3n) is 4.97. The number of carbonyl (C=O) groups is 1. The van der Waals surface area contributed by atoms with Gasteiger partial charge in [0.25, 0.3) is 0 Å². The van der Waals surface area contributed by atoms with Gasteiger partial charge in [0.2, 0.25) is 5.91 Å². The molecule has 1 atom stereocenters. The molecule has 0 saturated carbocycles. The van der Waals surface area contributed by atoms with Gasteiger partial charge in [-0.2, -0.15) is 0 Å². The van der Waals surface area contributed by atoms with E-state index in [2.05, 4.69) is 15.2 Å². The van der Waals surface area contributed by atoms with Crippen LogP contribution in [0, 0.1) is 11.7 Å². The van der Waals surface area contributed by atoms with Crippen LogP contribution in [0.2, 0.25) is 0 Å². The van der Waals surface area contributed by atoms with Crippen molar-refractivity contribution in [1.29, 1.82) is 0 Å². The van der Waals surface area contributed by atoms with Crippen molar-refractivity contribution < 1.29 is 9.18 Å². The monoisotopic (exact) mass is 301 g/mol. The van der Waals surface area contributed by atoms with Crippen LogP contribution in [0.4, 0.5) is 4.39 Å². The average Bonchev–Trinajstić information content (AvgIpc) is 3.08. The van der Waals surface area contributed by atoms with Crippen LogP contribution < -0.4 is 5.32 Å². The van der Waals surface area contributed by atoms with Gasteiger partial charge < -0.3 is 10.3 Å². The van der Waals surface area contributed by atoms with Crippen molar-refractivity contribution in [3.8, 4) is 0 Å². The first-order valence-corrected chi connectivity index (χ1v) is 8.00. The zero-order chi connectivity index (χ0) is 15.1. The summed E-state index contributed by atoms with van der Waals surface area (Å²) in [4.78, 5) is 17.4. The van der Waals surface area contributed by atoms with Crippen LogP contribution in [0.3, 0.4) is 0 Å². The van der Waals surface area contributed by atoms with Crippen LogP contribution in [0.25, 0.3) is 10.9 Å². The van der Waals surface area contributed by atoms with E-state index in [0.717, 1.165) is 56.3 Å². The number of amides is 1. The highest BCUT2D eigenvalue weighted by molar-refractivity contribution is 5.85. The molecule has 5 heteroatoms. The van der Waals surface area contributed by atoms with Gasteiger partial charge in [-0.3, -0.25) is 9.69 Å². The van der Waals surface area contributed by atoms with Crippen molar-refractivity contribution in [2.75, 3.05) is 19.6 Å². The minimum absolute atomic E-state index is 0.168. The Morgan fingerprint density at radius 1 is 1.36 bits per heavy atom. The molecule has 3 heterocycles. The second-order valence-electron chi connectivity index (χ2n) is 6.36. The lowest BCUT2D eigenvalue weighted by Gasteiger charge is -2.27. The van der Waals surface area contributed by atoms with E-state index in [1.165, 1.54) is 17.3 Å². The molecule has 1 saturated heterocycles. The third kappa shape index (κ3) is 2.39. The molecule has 0 radical (unpaired) electrons. The number of nitrogens with one attached hydrogen (secondary N) is 2. The van der Waals surface area contributed by atoms with Gasteiger partial charge in [-0.25, -0.2) is 4.39 Å². The number of carbonyl (C=O) groups excluding carboxylic acids is 1. The molecule has 22 heavy (non-hydrogen) atoms. The summed E-state index contributed by atoms with van der Waals surface area (Å²) >= 11 is 0. The molecule has 2 N–H and O–H groups in total. The Bertz CT molecular complexity index is 724. The summed E-state index contributed by atoms with van der Waals surface area (Å²) in [6.07, 6.45) is 2.83. The van der Waals surface area contributed by atoms with E-state index in [4.69, 9.17) is 0 Å². The maximum atomic E-state index is 13.5. The summed E-state index contributed by atoms with van der Waals surface area (Å²) < 4.78 is 13.5. The smallest absolute Gasteiger partial charge is 0.223 e. The fraction of sp³-hybridized carbons (Fsp3) is 0.471. The highest BCUT2D eigenvalue weighted by Gasteiger charge is 2.26. The molecule has 0 aliphatic carbocycles. The van der Waals surface area contributed by atoms with E-state index in [9.17, 15) is 9.18 Å². The number of aromatic amines is 1. The molecule has 2 aromatic rings. The van der Waals surface area contributed by atoms with E-state index in [1.54, 1.807) is 6.07 Å². The Kier molecular flexibility index (Phi) is 3.37. The number of hydrogen-bond acceptors (Lipinski definition) is 2. The molecule has 0 spiro atoms. The number of aromatic nitrogens is 1. The van der Waals surface area contributed by atoms with Crippen LogP contribution in [-0.2, 0) is 17.8 Å². The lowest BCUT2D eigenvalue weighted by atomic mass is 10.0. The van der Waals surface area contributed by atoms with E-state index in [-0.39, 0.29) is 17.6 Å². The van der Waals surface area contributed by atoms with Gasteiger partial charge >= 0.3 is 0 Å². The molecule has 1 unspecified atom stereocenters. The number of hydrogen-bond donors (Lipinski definition) is 2. The SMILES string of the molecule is O=C1NCCC1CCN1CCc2[nH]c3ccc(F)cc3c2C1. The van der Waals surface area contributed by atoms with E-state index >= 15 is 0 Å². The van der Waals surface area contributed by atoms with Gasteiger partial charge in [0, 0.05) is 48.6 Å². The molecule has 4 nitrogen and oxygen atoms in total. The topological polar surface area (TPSA) is 48.1 Å². The molecular weight excluding hydrogens is 281 g/mol. The number of fused-ring (bicyclic) bond motifs is 3. The number of nitrogens with zero attached hydrogens (tertiary/aromatic N) is 1. The average molecular weight is 301 g/mol. The third-order valence-corrected chi connectivity index (χ3v) is 4.97. The van der Waals surface area contributed by atoms with Gasteiger partial charge in [0.1, 0.15) is 5.82 Å². The summed E-state index contributed by atoms with van der Waals surface area (Å²) in [6.45, 7) is 3.58. The molecule has 2 aliphatic rings. The first-order chi connectivity index (χ1) is 10.7. The van der Waals surface area contributed by atoms with E-state index < -0.39 is 0 Å². The van der Waals surface area contributed by atoms with Crippen LogP contribution in [-0.4, -0.2) is 35.4 Å². The minimum atomic E-state index is -0.186. The maximum Gasteiger partial charge on any atom is 0.223 e. The van der Waals surface area contributed by atoms with Crippen LogP contribution in [0.15, 0.2) is 18.2 Å². The van der Waals surface area contributed by atoms with Crippen molar-refractivity contribution >= 4 is 16.8 Å².